The zero-order chi connectivity index (χ0) is 29.5. The van der Waals surface area contributed by atoms with E-state index in [1.807, 2.05) is 41.0 Å². The Balaban J connectivity index is 1.20. The molecule has 3 aromatic carbocycles. The molecular formula is C33H29BrN4O5. The van der Waals surface area contributed by atoms with E-state index in [9.17, 15) is 14.4 Å². The number of carbonyl (C=O) groups is 2. The number of hydrogen-bond donors (Lipinski definition) is 2. The molecule has 2 atom stereocenters. The highest BCUT2D eigenvalue weighted by Crippen LogP contribution is 2.40. The molecule has 4 heterocycles. The van der Waals surface area contributed by atoms with Crippen LogP contribution >= 0.6 is 15.9 Å². The van der Waals surface area contributed by atoms with Crippen molar-refractivity contribution in [2.45, 2.75) is 18.9 Å². The maximum absolute atomic E-state index is 13.5. The lowest BCUT2D eigenvalue weighted by Crippen LogP contribution is -2.47. The van der Waals surface area contributed by atoms with E-state index >= 15 is 0 Å². The van der Waals surface area contributed by atoms with E-state index in [0.717, 1.165) is 24.3 Å². The van der Waals surface area contributed by atoms with Gasteiger partial charge in [-0.15, -0.1) is 0 Å². The SMILES string of the molecule is O=C(Nc1ccc2c(c1)OCCO2)c1ccc(N2C[C@H]3C[C@@H](C2)c2cccc(=O)n2C3)c(NC(=O)c2ccccc2Br)c1. The lowest BCUT2D eigenvalue weighted by atomic mass is 9.83. The second kappa shape index (κ2) is 11.3. The molecular weight excluding hydrogens is 612 g/mol. The fraction of sp³-hybridized carbons (Fsp3) is 0.242. The summed E-state index contributed by atoms with van der Waals surface area (Å²) in [6.07, 6.45) is 1.01. The molecule has 2 bridgehead atoms. The highest BCUT2D eigenvalue weighted by Gasteiger charge is 2.35. The number of pyridine rings is 1. The van der Waals surface area contributed by atoms with Crippen molar-refractivity contribution in [1.82, 2.24) is 4.57 Å². The number of amides is 2. The first-order chi connectivity index (χ1) is 20.9. The molecule has 218 valence electrons. The van der Waals surface area contributed by atoms with E-state index in [1.165, 1.54) is 0 Å². The predicted octanol–water partition coefficient (Wildman–Crippen LogP) is 5.51. The molecule has 7 rings (SSSR count). The molecule has 0 radical (unpaired) electrons. The number of carbonyl (C=O) groups excluding carboxylic acids is 2. The third-order valence-corrected chi connectivity index (χ3v) is 8.94. The summed E-state index contributed by atoms with van der Waals surface area (Å²) in [6, 6.07) is 23.4. The number of aromatic nitrogens is 1. The number of anilines is 3. The molecule has 1 aromatic heterocycles. The van der Waals surface area contributed by atoms with Crippen LogP contribution in [0, 0.1) is 5.92 Å². The van der Waals surface area contributed by atoms with Gasteiger partial charge in [0.05, 0.1) is 16.9 Å². The maximum Gasteiger partial charge on any atom is 0.256 e. The zero-order valence-corrected chi connectivity index (χ0v) is 24.8. The largest absolute Gasteiger partial charge is 0.486 e. The van der Waals surface area contributed by atoms with E-state index in [0.29, 0.717) is 64.8 Å². The van der Waals surface area contributed by atoms with Crippen LogP contribution in [-0.4, -0.2) is 42.7 Å². The van der Waals surface area contributed by atoms with Crippen molar-refractivity contribution in [2.24, 2.45) is 5.92 Å². The van der Waals surface area contributed by atoms with E-state index in [4.69, 9.17) is 9.47 Å². The van der Waals surface area contributed by atoms with E-state index in [1.54, 1.807) is 42.5 Å². The van der Waals surface area contributed by atoms with Crippen LogP contribution in [0.25, 0.3) is 0 Å². The average molecular weight is 642 g/mol. The van der Waals surface area contributed by atoms with E-state index in [-0.39, 0.29) is 29.2 Å². The minimum atomic E-state index is -0.316. The number of nitrogens with one attached hydrogen (secondary N) is 2. The molecule has 1 fully saturated rings. The maximum atomic E-state index is 13.5. The van der Waals surface area contributed by atoms with Gasteiger partial charge in [-0.1, -0.05) is 18.2 Å². The molecule has 0 aliphatic carbocycles. The van der Waals surface area contributed by atoms with Gasteiger partial charge in [-0.25, -0.2) is 0 Å². The van der Waals surface area contributed by atoms with Crippen molar-refractivity contribution >= 4 is 44.8 Å². The molecule has 43 heavy (non-hydrogen) atoms. The van der Waals surface area contributed by atoms with Crippen LogP contribution in [0.1, 0.15) is 38.7 Å². The van der Waals surface area contributed by atoms with Crippen molar-refractivity contribution in [2.75, 3.05) is 41.8 Å². The Hall–Kier alpha value is -4.57. The summed E-state index contributed by atoms with van der Waals surface area (Å²) in [7, 11) is 0. The Morgan fingerprint density at radius 2 is 1.65 bits per heavy atom. The van der Waals surface area contributed by atoms with Crippen LogP contribution in [0.2, 0.25) is 0 Å². The van der Waals surface area contributed by atoms with Crippen LogP contribution in [0.5, 0.6) is 11.5 Å². The van der Waals surface area contributed by atoms with Crippen molar-refractivity contribution in [3.63, 3.8) is 0 Å². The topological polar surface area (TPSA) is 102 Å². The van der Waals surface area contributed by atoms with Crippen LogP contribution < -0.4 is 30.6 Å². The van der Waals surface area contributed by atoms with Gasteiger partial charge < -0.3 is 29.6 Å². The zero-order valence-electron chi connectivity index (χ0n) is 23.2. The number of hydrogen-bond acceptors (Lipinski definition) is 6. The summed E-state index contributed by atoms with van der Waals surface area (Å²) in [5, 5.41) is 6.01. The normalized spacial score (nSPS) is 18.4. The number of fused-ring (bicyclic) bond motifs is 5. The van der Waals surface area contributed by atoms with Crippen molar-refractivity contribution in [3.8, 4) is 11.5 Å². The van der Waals surface area contributed by atoms with Gasteiger partial charge in [0.25, 0.3) is 17.4 Å². The quantitative estimate of drug-likeness (QED) is 0.298. The minimum absolute atomic E-state index is 0.0374. The van der Waals surface area contributed by atoms with E-state index < -0.39 is 0 Å². The second-order valence-electron chi connectivity index (χ2n) is 11.1. The summed E-state index contributed by atoms with van der Waals surface area (Å²) >= 11 is 3.48. The fourth-order valence-electron chi connectivity index (χ4n) is 6.31. The summed E-state index contributed by atoms with van der Waals surface area (Å²) in [5.41, 5.74) is 3.92. The standard InChI is InChI=1S/C33H29BrN4O5/c34-25-5-2-1-4-24(25)33(41)36-26-15-21(32(40)35-23-9-11-29-30(16-23)43-13-12-42-29)8-10-28(26)37-17-20-14-22(19-37)27-6-3-7-31(39)38(27)18-20/h1-11,15-16,20,22H,12-14,17-19H2,(H,35,40)(H,36,41)/t20-,22+/m1/s1. The Morgan fingerprint density at radius 1 is 0.814 bits per heavy atom. The van der Waals surface area contributed by atoms with Gasteiger partial charge in [0.1, 0.15) is 13.2 Å². The Morgan fingerprint density at radius 3 is 2.51 bits per heavy atom. The first kappa shape index (κ1) is 27.3. The lowest BCUT2D eigenvalue weighted by Gasteiger charge is -2.44. The van der Waals surface area contributed by atoms with Gasteiger partial charge in [0.15, 0.2) is 11.5 Å². The number of nitrogens with zero attached hydrogens (tertiary/aromatic N) is 2. The third kappa shape index (κ3) is 5.38. The molecule has 0 saturated carbocycles. The van der Waals surface area contributed by atoms with Gasteiger partial charge >= 0.3 is 0 Å². The first-order valence-electron chi connectivity index (χ1n) is 14.3. The fourth-order valence-corrected chi connectivity index (χ4v) is 6.77. The molecule has 3 aliphatic rings. The molecule has 3 aliphatic heterocycles. The summed E-state index contributed by atoms with van der Waals surface area (Å²) in [6.45, 7) is 3.03. The van der Waals surface area contributed by atoms with Gasteiger partial charge in [0.2, 0.25) is 0 Å². The summed E-state index contributed by atoms with van der Waals surface area (Å²) in [5.74, 6) is 1.10. The van der Waals surface area contributed by atoms with Crippen LogP contribution in [0.3, 0.4) is 0 Å². The molecule has 2 amide bonds. The molecule has 0 unspecified atom stereocenters. The Labute approximate surface area is 256 Å². The van der Waals surface area contributed by atoms with Crippen LogP contribution in [-0.2, 0) is 6.54 Å². The molecule has 4 aromatic rings. The average Bonchev–Trinajstić information content (AvgIpc) is 3.01. The third-order valence-electron chi connectivity index (χ3n) is 8.25. The molecule has 2 N–H and O–H groups in total. The molecule has 9 nitrogen and oxygen atoms in total. The Bertz CT molecular complexity index is 1800. The number of halogens is 1. The van der Waals surface area contributed by atoms with Crippen molar-refractivity contribution in [1.29, 1.82) is 0 Å². The van der Waals surface area contributed by atoms with Crippen molar-refractivity contribution in [3.05, 3.63) is 111 Å². The molecule has 0 spiro atoms. The summed E-state index contributed by atoms with van der Waals surface area (Å²) < 4.78 is 13.8. The van der Waals surface area contributed by atoms with Gasteiger partial charge in [-0.05, 0) is 76.8 Å². The predicted molar refractivity (Wildman–Crippen MR) is 168 cm³/mol. The summed E-state index contributed by atoms with van der Waals surface area (Å²) in [4.78, 5) is 41.7. The van der Waals surface area contributed by atoms with Gasteiger partial charge in [-0.2, -0.15) is 0 Å². The van der Waals surface area contributed by atoms with Crippen LogP contribution in [0.15, 0.2) is 88.1 Å². The first-order valence-corrected chi connectivity index (χ1v) is 15.1. The van der Waals surface area contributed by atoms with Crippen LogP contribution in [0.4, 0.5) is 17.1 Å². The van der Waals surface area contributed by atoms with Crippen molar-refractivity contribution < 1.29 is 19.1 Å². The number of rotatable bonds is 5. The van der Waals surface area contributed by atoms with Gasteiger partial charge in [-0.3, -0.25) is 14.4 Å². The van der Waals surface area contributed by atoms with E-state index in [2.05, 4.69) is 31.5 Å². The Kier molecular flexibility index (Phi) is 7.14. The highest BCUT2D eigenvalue weighted by molar-refractivity contribution is 9.10. The monoisotopic (exact) mass is 640 g/mol. The highest BCUT2D eigenvalue weighted by atomic mass is 79.9. The number of piperidine rings is 1. The number of ether oxygens (including phenoxy) is 2. The number of benzene rings is 3. The minimum Gasteiger partial charge on any atom is -0.486 e. The molecule has 10 heteroatoms. The lowest BCUT2D eigenvalue weighted by molar-refractivity contribution is 0.101. The molecule has 1 saturated heterocycles. The smallest absolute Gasteiger partial charge is 0.256 e. The van der Waals surface area contributed by atoms with Gasteiger partial charge in [0, 0.05) is 59.1 Å². The second-order valence-corrected chi connectivity index (χ2v) is 11.9.